The van der Waals surface area contributed by atoms with Gasteiger partial charge in [0.1, 0.15) is 0 Å². The van der Waals surface area contributed by atoms with Crippen molar-refractivity contribution in [2.75, 3.05) is 13.1 Å². The third-order valence-electron chi connectivity index (χ3n) is 3.50. The quantitative estimate of drug-likeness (QED) is 0.682. The molecule has 0 spiro atoms. The van der Waals surface area contributed by atoms with Crippen LogP contribution in [0, 0.1) is 5.92 Å². The molecule has 0 fully saturated rings. The van der Waals surface area contributed by atoms with Crippen LogP contribution in [0.1, 0.15) is 58.7 Å². The van der Waals surface area contributed by atoms with Gasteiger partial charge in [0.2, 0.25) is 0 Å². The minimum atomic E-state index is 0.514. The smallest absolute Gasteiger partial charge is 0.0627 e. The first kappa shape index (κ1) is 15.2. The van der Waals surface area contributed by atoms with Crippen LogP contribution in [0.4, 0.5) is 0 Å². The molecule has 18 heavy (non-hydrogen) atoms. The van der Waals surface area contributed by atoms with Gasteiger partial charge in [0.15, 0.2) is 0 Å². The zero-order chi connectivity index (χ0) is 13.4. The fourth-order valence-electron chi connectivity index (χ4n) is 2.03. The van der Waals surface area contributed by atoms with Crippen molar-refractivity contribution >= 4 is 0 Å². The first-order valence-electron chi connectivity index (χ1n) is 7.42. The van der Waals surface area contributed by atoms with Gasteiger partial charge in [-0.3, -0.25) is 4.68 Å². The van der Waals surface area contributed by atoms with Crippen LogP contribution in [0.15, 0.2) is 12.3 Å². The van der Waals surface area contributed by atoms with Crippen LogP contribution in [0.3, 0.4) is 0 Å². The first-order valence-corrected chi connectivity index (χ1v) is 7.42. The third-order valence-corrected chi connectivity index (χ3v) is 3.50. The highest BCUT2D eigenvalue weighted by Gasteiger charge is 2.08. The highest BCUT2D eigenvalue weighted by molar-refractivity contribution is 5.00. The monoisotopic (exact) mass is 251 g/mol. The highest BCUT2D eigenvalue weighted by atomic mass is 15.3. The van der Waals surface area contributed by atoms with Crippen molar-refractivity contribution in [1.82, 2.24) is 15.1 Å². The van der Waals surface area contributed by atoms with Gasteiger partial charge in [0.25, 0.3) is 0 Å². The van der Waals surface area contributed by atoms with Gasteiger partial charge in [-0.25, -0.2) is 0 Å². The topological polar surface area (TPSA) is 29.9 Å². The van der Waals surface area contributed by atoms with E-state index in [-0.39, 0.29) is 0 Å². The molecule has 3 nitrogen and oxygen atoms in total. The van der Waals surface area contributed by atoms with E-state index in [9.17, 15) is 0 Å². The lowest BCUT2D eigenvalue weighted by atomic mass is 10.0. The number of nitrogens with zero attached hydrogens (tertiary/aromatic N) is 2. The third kappa shape index (κ3) is 5.21. The number of hydrogen-bond donors (Lipinski definition) is 1. The Morgan fingerprint density at radius 1 is 1.28 bits per heavy atom. The molecule has 0 aliphatic heterocycles. The van der Waals surface area contributed by atoms with Crippen molar-refractivity contribution in [2.45, 2.75) is 59.4 Å². The molecule has 1 rings (SSSR count). The van der Waals surface area contributed by atoms with Gasteiger partial charge >= 0.3 is 0 Å². The molecule has 2 unspecified atom stereocenters. The first-order chi connectivity index (χ1) is 8.67. The predicted molar refractivity (Wildman–Crippen MR) is 77.9 cm³/mol. The van der Waals surface area contributed by atoms with Crippen LogP contribution in [0.2, 0.25) is 0 Å². The molecule has 0 bridgehead atoms. The minimum absolute atomic E-state index is 0.514. The Bertz CT molecular complexity index is 319. The maximum Gasteiger partial charge on any atom is 0.0627 e. The summed E-state index contributed by atoms with van der Waals surface area (Å²) in [5.41, 5.74) is 1.23. The second-order valence-corrected chi connectivity index (χ2v) is 5.39. The summed E-state index contributed by atoms with van der Waals surface area (Å²) in [7, 11) is 0. The molecule has 0 aliphatic carbocycles. The maximum absolute atomic E-state index is 4.66. The van der Waals surface area contributed by atoms with E-state index in [2.05, 4.69) is 55.1 Å². The summed E-state index contributed by atoms with van der Waals surface area (Å²) in [6.45, 7) is 11.2. The Balaban J connectivity index is 2.30. The molecule has 0 aromatic carbocycles. The molecule has 1 N–H and O–H groups in total. The number of aromatic nitrogens is 2. The molecule has 2 atom stereocenters. The molecule has 0 radical (unpaired) electrons. The molecule has 104 valence electrons. The maximum atomic E-state index is 4.66. The van der Waals surface area contributed by atoms with Crippen molar-refractivity contribution in [2.24, 2.45) is 5.92 Å². The Morgan fingerprint density at radius 3 is 2.72 bits per heavy atom. The predicted octanol–water partition coefficient (Wildman–Crippen LogP) is 3.42. The Kier molecular flexibility index (Phi) is 7.02. The van der Waals surface area contributed by atoms with E-state index in [1.807, 2.05) is 0 Å². The van der Waals surface area contributed by atoms with E-state index >= 15 is 0 Å². The van der Waals surface area contributed by atoms with E-state index in [1.165, 1.54) is 18.5 Å². The molecule has 0 aliphatic rings. The van der Waals surface area contributed by atoms with E-state index < -0.39 is 0 Å². The molecular weight excluding hydrogens is 222 g/mol. The molecule has 0 amide bonds. The van der Waals surface area contributed by atoms with Crippen molar-refractivity contribution in [1.29, 1.82) is 0 Å². The van der Waals surface area contributed by atoms with Crippen molar-refractivity contribution in [3.8, 4) is 0 Å². The van der Waals surface area contributed by atoms with Crippen molar-refractivity contribution < 1.29 is 0 Å². The Morgan fingerprint density at radius 2 is 2.06 bits per heavy atom. The van der Waals surface area contributed by atoms with Crippen LogP contribution in [0.5, 0.6) is 0 Å². The summed E-state index contributed by atoms with van der Waals surface area (Å²) in [4.78, 5) is 0. The van der Waals surface area contributed by atoms with Gasteiger partial charge in [0, 0.05) is 12.2 Å². The summed E-state index contributed by atoms with van der Waals surface area (Å²) in [6.07, 6.45) is 6.80. The summed E-state index contributed by atoms with van der Waals surface area (Å²) < 4.78 is 2.09. The van der Waals surface area contributed by atoms with Gasteiger partial charge in [-0.2, -0.15) is 5.10 Å². The normalized spacial score (nSPS) is 14.7. The summed E-state index contributed by atoms with van der Waals surface area (Å²) in [5.74, 6) is 0.703. The highest BCUT2D eigenvalue weighted by Crippen LogP contribution is 2.13. The van der Waals surface area contributed by atoms with Crippen LogP contribution < -0.4 is 5.32 Å². The molecule has 1 heterocycles. The van der Waals surface area contributed by atoms with Gasteiger partial charge < -0.3 is 5.32 Å². The molecule has 1 aromatic rings. The zero-order valence-corrected chi connectivity index (χ0v) is 12.4. The summed E-state index contributed by atoms with van der Waals surface area (Å²) in [5, 5.41) is 8.12. The van der Waals surface area contributed by atoms with Gasteiger partial charge in [-0.1, -0.05) is 20.8 Å². The lowest BCUT2D eigenvalue weighted by molar-refractivity contribution is 0.459. The van der Waals surface area contributed by atoms with E-state index in [0.717, 1.165) is 25.9 Å². The van der Waals surface area contributed by atoms with Gasteiger partial charge in [-0.15, -0.1) is 0 Å². The Hall–Kier alpha value is -0.830. The van der Waals surface area contributed by atoms with E-state index in [0.29, 0.717) is 12.0 Å². The van der Waals surface area contributed by atoms with Crippen molar-refractivity contribution in [3.63, 3.8) is 0 Å². The molecule has 0 saturated carbocycles. The minimum Gasteiger partial charge on any atom is -0.317 e. The number of hydrogen-bond acceptors (Lipinski definition) is 2. The summed E-state index contributed by atoms with van der Waals surface area (Å²) >= 11 is 0. The molecular formula is C15H29N3. The van der Waals surface area contributed by atoms with E-state index in [4.69, 9.17) is 0 Å². The van der Waals surface area contributed by atoms with Crippen LogP contribution in [-0.2, 0) is 6.42 Å². The average molecular weight is 251 g/mol. The van der Waals surface area contributed by atoms with Crippen LogP contribution in [0.25, 0.3) is 0 Å². The number of nitrogens with one attached hydrogen (secondary N) is 1. The number of rotatable bonds is 9. The lowest BCUT2D eigenvalue weighted by Gasteiger charge is -2.11. The van der Waals surface area contributed by atoms with Gasteiger partial charge in [0.05, 0.1) is 5.69 Å². The summed E-state index contributed by atoms with van der Waals surface area (Å²) in [6, 6.07) is 2.68. The Labute approximate surface area is 112 Å². The SMILES string of the molecule is CCCNCCC(C)Cc1ccn(C(C)CC)n1. The van der Waals surface area contributed by atoms with Crippen molar-refractivity contribution in [3.05, 3.63) is 18.0 Å². The molecule has 1 aromatic heterocycles. The second-order valence-electron chi connectivity index (χ2n) is 5.39. The molecule has 0 saturated heterocycles. The molecule has 3 heteroatoms. The second kappa shape index (κ2) is 8.30. The zero-order valence-electron chi connectivity index (χ0n) is 12.4. The van der Waals surface area contributed by atoms with Crippen LogP contribution >= 0.6 is 0 Å². The fourth-order valence-corrected chi connectivity index (χ4v) is 2.03. The van der Waals surface area contributed by atoms with E-state index in [1.54, 1.807) is 0 Å². The standard InChI is InChI=1S/C15H29N3/c1-5-9-16-10-7-13(3)12-15-8-11-18(17-15)14(4)6-2/h8,11,13-14,16H,5-7,9-10,12H2,1-4H3. The van der Waals surface area contributed by atoms with Crippen LogP contribution in [-0.4, -0.2) is 22.9 Å². The fraction of sp³-hybridized carbons (Fsp3) is 0.800. The average Bonchev–Trinajstić information content (AvgIpc) is 2.82. The largest absolute Gasteiger partial charge is 0.317 e. The van der Waals surface area contributed by atoms with Gasteiger partial charge in [-0.05, 0) is 57.7 Å². The lowest BCUT2D eigenvalue weighted by Crippen LogP contribution is -2.18.